The minimum absolute atomic E-state index is 0.125. The first-order valence-electron chi connectivity index (χ1n) is 9.42. The summed E-state index contributed by atoms with van der Waals surface area (Å²) in [5.41, 5.74) is 3.16. The van der Waals surface area contributed by atoms with Crippen molar-refractivity contribution in [2.45, 2.75) is 19.8 Å². The molecule has 27 heavy (non-hydrogen) atoms. The molecule has 0 atom stereocenters. The van der Waals surface area contributed by atoms with Gasteiger partial charge in [-0.1, -0.05) is 17.7 Å². The molecule has 1 N–H and O–H groups in total. The first-order chi connectivity index (χ1) is 13.2. The summed E-state index contributed by atoms with van der Waals surface area (Å²) in [6.07, 6.45) is 4.11. The van der Waals surface area contributed by atoms with Gasteiger partial charge in [0.15, 0.2) is 5.76 Å². The van der Waals surface area contributed by atoms with Crippen LogP contribution in [-0.2, 0) is 0 Å². The van der Waals surface area contributed by atoms with E-state index in [0.717, 1.165) is 30.9 Å². The van der Waals surface area contributed by atoms with Gasteiger partial charge in [0.05, 0.1) is 12.0 Å². The predicted molar refractivity (Wildman–Crippen MR) is 104 cm³/mol. The molecule has 0 aliphatic carbocycles. The molecule has 3 aromatic rings. The number of amides is 1. The van der Waals surface area contributed by atoms with Crippen LogP contribution in [0.3, 0.4) is 0 Å². The number of carbonyl (C=O) groups is 1. The molecule has 1 saturated heterocycles. The van der Waals surface area contributed by atoms with Crippen molar-refractivity contribution in [2.24, 2.45) is 0 Å². The molecule has 0 saturated carbocycles. The van der Waals surface area contributed by atoms with E-state index in [1.807, 2.05) is 43.3 Å². The van der Waals surface area contributed by atoms with E-state index in [2.05, 4.69) is 15.3 Å². The fourth-order valence-corrected chi connectivity index (χ4v) is 3.39. The highest BCUT2D eigenvalue weighted by molar-refractivity contribution is 5.94. The van der Waals surface area contributed by atoms with Crippen molar-refractivity contribution in [3.63, 3.8) is 0 Å². The van der Waals surface area contributed by atoms with Crippen LogP contribution < -0.4 is 5.32 Å². The number of rotatable bonds is 6. The van der Waals surface area contributed by atoms with E-state index < -0.39 is 0 Å². The zero-order chi connectivity index (χ0) is 18.6. The van der Waals surface area contributed by atoms with Gasteiger partial charge in [0.2, 0.25) is 0 Å². The van der Waals surface area contributed by atoms with Gasteiger partial charge in [-0.15, -0.1) is 0 Å². The smallest absolute Gasteiger partial charge is 0.270 e. The second kappa shape index (κ2) is 7.80. The second-order valence-corrected chi connectivity index (χ2v) is 6.94. The van der Waals surface area contributed by atoms with Gasteiger partial charge >= 0.3 is 0 Å². The van der Waals surface area contributed by atoms with Gasteiger partial charge in [-0.3, -0.25) is 4.79 Å². The molecule has 1 fully saturated rings. The highest BCUT2D eigenvalue weighted by atomic mass is 16.3. The lowest BCUT2D eigenvalue weighted by atomic mass is 10.2. The number of aryl methyl sites for hydroxylation is 1. The normalized spacial score (nSPS) is 14.6. The Kier molecular flexibility index (Phi) is 5.07. The number of carbonyl (C=O) groups excluding carboxylic acids is 1. The number of furan rings is 1. The Labute approximate surface area is 158 Å². The Bertz CT molecular complexity index is 891. The summed E-state index contributed by atoms with van der Waals surface area (Å²) in [6, 6.07) is 13.4. The van der Waals surface area contributed by atoms with E-state index in [9.17, 15) is 4.79 Å². The van der Waals surface area contributed by atoms with Crippen molar-refractivity contribution in [1.82, 2.24) is 20.0 Å². The Morgan fingerprint density at radius 3 is 2.67 bits per heavy atom. The zero-order valence-corrected chi connectivity index (χ0v) is 15.5. The van der Waals surface area contributed by atoms with Crippen LogP contribution in [0.4, 0.5) is 0 Å². The van der Waals surface area contributed by atoms with Gasteiger partial charge in [-0.05, 0) is 57.1 Å². The summed E-state index contributed by atoms with van der Waals surface area (Å²) in [7, 11) is 0. The third-order valence-electron chi connectivity index (χ3n) is 4.91. The van der Waals surface area contributed by atoms with Gasteiger partial charge in [0, 0.05) is 19.2 Å². The largest absolute Gasteiger partial charge is 0.463 e. The van der Waals surface area contributed by atoms with Gasteiger partial charge in [0.1, 0.15) is 11.4 Å². The lowest BCUT2D eigenvalue weighted by molar-refractivity contribution is 0.0942. The van der Waals surface area contributed by atoms with Gasteiger partial charge in [0.25, 0.3) is 5.91 Å². The number of likely N-dealkylation sites (tertiary alicyclic amines) is 1. The van der Waals surface area contributed by atoms with Crippen LogP contribution in [0.1, 0.15) is 28.9 Å². The number of nitrogens with one attached hydrogen (secondary N) is 1. The molecule has 0 unspecified atom stereocenters. The molecule has 0 spiro atoms. The average Bonchev–Trinajstić information content (AvgIpc) is 3.43. The molecule has 3 heterocycles. The molecule has 6 nitrogen and oxygen atoms in total. The topological polar surface area (TPSA) is 63.3 Å². The summed E-state index contributed by atoms with van der Waals surface area (Å²) < 4.78 is 7.14. The van der Waals surface area contributed by atoms with E-state index in [1.54, 1.807) is 17.0 Å². The van der Waals surface area contributed by atoms with Crippen molar-refractivity contribution in [1.29, 1.82) is 0 Å². The van der Waals surface area contributed by atoms with Crippen molar-refractivity contribution in [3.05, 3.63) is 60.0 Å². The van der Waals surface area contributed by atoms with Crippen LogP contribution >= 0.6 is 0 Å². The first kappa shape index (κ1) is 17.5. The summed E-state index contributed by atoms with van der Waals surface area (Å²) in [6.45, 7) is 5.80. The average molecular weight is 364 g/mol. The molecule has 0 radical (unpaired) electrons. The summed E-state index contributed by atoms with van der Waals surface area (Å²) in [5, 5.41) is 7.64. The molecule has 1 aliphatic heterocycles. The van der Waals surface area contributed by atoms with Crippen molar-refractivity contribution < 1.29 is 9.21 Å². The monoisotopic (exact) mass is 364 g/mol. The van der Waals surface area contributed by atoms with E-state index >= 15 is 0 Å². The van der Waals surface area contributed by atoms with E-state index in [4.69, 9.17) is 4.42 Å². The van der Waals surface area contributed by atoms with Crippen LogP contribution in [-0.4, -0.2) is 46.8 Å². The van der Waals surface area contributed by atoms with Crippen molar-refractivity contribution >= 4 is 5.91 Å². The summed E-state index contributed by atoms with van der Waals surface area (Å²) in [5.74, 6) is 0.520. The first-order valence-corrected chi connectivity index (χ1v) is 9.42. The fraction of sp³-hybridized carbons (Fsp3) is 0.333. The molecule has 6 heteroatoms. The molecular formula is C21H24N4O2. The standard InChI is InChI=1S/C21H24N4O2/c1-16-6-8-17(9-7-16)25-19(15-18(23-25)20-5-4-14-27-20)21(26)22-10-13-24-11-2-3-12-24/h4-9,14-15H,2-3,10-13H2,1H3,(H,22,26). The SMILES string of the molecule is Cc1ccc(-n2nc(-c3ccco3)cc2C(=O)NCCN2CCCC2)cc1. The molecule has 1 amide bonds. The number of aromatic nitrogens is 2. The summed E-state index contributed by atoms with van der Waals surface area (Å²) >= 11 is 0. The zero-order valence-electron chi connectivity index (χ0n) is 15.5. The molecule has 2 aromatic heterocycles. The third-order valence-corrected chi connectivity index (χ3v) is 4.91. The van der Waals surface area contributed by atoms with Crippen molar-refractivity contribution in [3.8, 4) is 17.1 Å². The minimum Gasteiger partial charge on any atom is -0.463 e. The van der Waals surface area contributed by atoms with Crippen LogP contribution in [0, 0.1) is 6.92 Å². The van der Waals surface area contributed by atoms with E-state index in [1.165, 1.54) is 12.8 Å². The van der Waals surface area contributed by atoms with Crippen LogP contribution in [0.5, 0.6) is 0 Å². The second-order valence-electron chi connectivity index (χ2n) is 6.94. The Hall–Kier alpha value is -2.86. The highest BCUT2D eigenvalue weighted by Gasteiger charge is 2.19. The maximum atomic E-state index is 12.8. The lowest BCUT2D eigenvalue weighted by Crippen LogP contribution is -2.34. The Balaban J connectivity index is 1.57. The van der Waals surface area contributed by atoms with Gasteiger partial charge in [-0.2, -0.15) is 5.10 Å². The maximum Gasteiger partial charge on any atom is 0.270 e. The fourth-order valence-electron chi connectivity index (χ4n) is 3.39. The number of hydrogen-bond acceptors (Lipinski definition) is 4. The molecule has 1 aromatic carbocycles. The molecule has 0 bridgehead atoms. The van der Waals surface area contributed by atoms with Crippen molar-refractivity contribution in [2.75, 3.05) is 26.2 Å². The summed E-state index contributed by atoms with van der Waals surface area (Å²) in [4.78, 5) is 15.2. The van der Waals surface area contributed by atoms with Crippen LogP contribution in [0.2, 0.25) is 0 Å². The minimum atomic E-state index is -0.125. The quantitative estimate of drug-likeness (QED) is 0.729. The molecule has 4 rings (SSSR count). The lowest BCUT2D eigenvalue weighted by Gasteiger charge is -2.15. The van der Waals surface area contributed by atoms with Gasteiger partial charge in [-0.25, -0.2) is 4.68 Å². The predicted octanol–water partition coefficient (Wildman–Crippen LogP) is 3.27. The Morgan fingerprint density at radius 2 is 1.96 bits per heavy atom. The third kappa shape index (κ3) is 3.95. The molecular weight excluding hydrogens is 340 g/mol. The highest BCUT2D eigenvalue weighted by Crippen LogP contribution is 2.22. The molecule has 1 aliphatic rings. The van der Waals surface area contributed by atoms with E-state index in [0.29, 0.717) is 23.7 Å². The van der Waals surface area contributed by atoms with Gasteiger partial charge < -0.3 is 14.6 Å². The number of nitrogens with zero attached hydrogens (tertiary/aromatic N) is 3. The number of hydrogen-bond donors (Lipinski definition) is 1. The van der Waals surface area contributed by atoms with Crippen LogP contribution in [0.25, 0.3) is 17.1 Å². The molecule has 140 valence electrons. The Morgan fingerprint density at radius 1 is 1.19 bits per heavy atom. The van der Waals surface area contributed by atoms with Crippen LogP contribution in [0.15, 0.2) is 53.1 Å². The maximum absolute atomic E-state index is 12.8. The number of benzene rings is 1. The van der Waals surface area contributed by atoms with E-state index in [-0.39, 0.29) is 5.91 Å².